The van der Waals surface area contributed by atoms with E-state index in [-0.39, 0.29) is 5.91 Å². The number of fused-ring (bicyclic) bond motifs is 1. The van der Waals surface area contributed by atoms with Gasteiger partial charge in [-0.15, -0.1) is 10.2 Å². The number of nitrogens with zero attached hydrogens (tertiary/aromatic N) is 4. The highest BCUT2D eigenvalue weighted by atomic mass is 16.2. The number of benzene rings is 2. The van der Waals surface area contributed by atoms with E-state index in [0.29, 0.717) is 18.8 Å². The summed E-state index contributed by atoms with van der Waals surface area (Å²) in [5.41, 5.74) is 4.00. The number of hydrogen-bond acceptors (Lipinski definition) is 4. The number of amides is 1. The maximum absolute atomic E-state index is 12.9. The molecule has 2 aromatic carbocycles. The molecular weight excluding hydrogens is 348 g/mol. The topological polar surface area (TPSA) is 49.3 Å². The summed E-state index contributed by atoms with van der Waals surface area (Å²) < 4.78 is 0. The van der Waals surface area contributed by atoms with Crippen LogP contribution in [0.3, 0.4) is 0 Å². The van der Waals surface area contributed by atoms with Crippen LogP contribution < -0.4 is 4.90 Å². The standard InChI is InChI=1S/C23H24N4O/c1-2-26(17-18-9-4-3-5-10-18)23(28)20-14-15-22(25-24-20)27-16-8-12-19-11-6-7-13-21(19)27/h3-7,9-11,13-15H,2,8,12,16-17H2,1H3. The van der Waals surface area contributed by atoms with Crippen molar-refractivity contribution < 1.29 is 4.79 Å². The fourth-order valence-electron chi connectivity index (χ4n) is 3.65. The molecule has 1 aliphatic heterocycles. The normalized spacial score (nSPS) is 13.1. The van der Waals surface area contributed by atoms with Crippen LogP contribution >= 0.6 is 0 Å². The molecule has 3 aromatic rings. The molecule has 0 saturated carbocycles. The Balaban J connectivity index is 1.52. The molecule has 28 heavy (non-hydrogen) atoms. The molecule has 0 atom stereocenters. The molecule has 2 heterocycles. The minimum Gasteiger partial charge on any atom is -0.333 e. The van der Waals surface area contributed by atoms with Crippen LogP contribution in [-0.2, 0) is 13.0 Å². The lowest BCUT2D eigenvalue weighted by atomic mass is 10.0. The second-order valence-corrected chi connectivity index (χ2v) is 6.97. The van der Waals surface area contributed by atoms with E-state index < -0.39 is 0 Å². The van der Waals surface area contributed by atoms with Crippen LogP contribution in [0, 0.1) is 0 Å². The molecule has 0 fully saturated rings. The van der Waals surface area contributed by atoms with Gasteiger partial charge in [0.25, 0.3) is 5.91 Å². The van der Waals surface area contributed by atoms with Crippen molar-refractivity contribution in [3.63, 3.8) is 0 Å². The van der Waals surface area contributed by atoms with Crippen LogP contribution in [0.15, 0.2) is 66.7 Å². The Hall–Kier alpha value is -3.21. The van der Waals surface area contributed by atoms with E-state index >= 15 is 0 Å². The van der Waals surface area contributed by atoms with Gasteiger partial charge < -0.3 is 9.80 Å². The van der Waals surface area contributed by atoms with Crippen molar-refractivity contribution in [1.82, 2.24) is 15.1 Å². The molecule has 142 valence electrons. The van der Waals surface area contributed by atoms with Crippen molar-refractivity contribution in [3.8, 4) is 0 Å². The summed E-state index contributed by atoms with van der Waals surface area (Å²) in [4.78, 5) is 16.8. The van der Waals surface area contributed by atoms with Gasteiger partial charge in [0.15, 0.2) is 11.5 Å². The van der Waals surface area contributed by atoms with Crippen LogP contribution in [0.25, 0.3) is 0 Å². The zero-order chi connectivity index (χ0) is 19.3. The van der Waals surface area contributed by atoms with Gasteiger partial charge in [-0.1, -0.05) is 48.5 Å². The average Bonchev–Trinajstić information content (AvgIpc) is 2.77. The number of aromatic nitrogens is 2. The van der Waals surface area contributed by atoms with Crippen LogP contribution in [-0.4, -0.2) is 34.1 Å². The van der Waals surface area contributed by atoms with E-state index in [1.54, 1.807) is 11.0 Å². The minimum absolute atomic E-state index is 0.0931. The molecule has 0 N–H and O–H groups in total. The molecule has 0 unspecified atom stereocenters. The van der Waals surface area contributed by atoms with Crippen molar-refractivity contribution in [2.24, 2.45) is 0 Å². The summed E-state index contributed by atoms with van der Waals surface area (Å²) in [7, 11) is 0. The first-order valence-electron chi connectivity index (χ1n) is 9.78. The number of aryl methyl sites for hydroxylation is 1. The summed E-state index contributed by atoms with van der Waals surface area (Å²) in [5, 5.41) is 8.63. The Bertz CT molecular complexity index is 940. The van der Waals surface area contributed by atoms with E-state index in [2.05, 4.69) is 33.3 Å². The molecular formula is C23H24N4O. The summed E-state index contributed by atoms with van der Waals surface area (Å²) in [6.45, 7) is 4.08. The van der Waals surface area contributed by atoms with Crippen molar-refractivity contribution >= 4 is 17.4 Å². The number of para-hydroxylation sites is 1. The maximum atomic E-state index is 12.9. The maximum Gasteiger partial charge on any atom is 0.274 e. The third-order valence-electron chi connectivity index (χ3n) is 5.14. The number of hydrogen-bond donors (Lipinski definition) is 0. The van der Waals surface area contributed by atoms with Gasteiger partial charge in [0.05, 0.1) is 0 Å². The van der Waals surface area contributed by atoms with E-state index in [9.17, 15) is 4.79 Å². The van der Waals surface area contributed by atoms with E-state index in [1.165, 1.54) is 11.3 Å². The fourth-order valence-corrected chi connectivity index (χ4v) is 3.65. The smallest absolute Gasteiger partial charge is 0.274 e. The number of carbonyl (C=O) groups is 1. The highest BCUT2D eigenvalue weighted by Crippen LogP contribution is 2.31. The van der Waals surface area contributed by atoms with Gasteiger partial charge in [-0.05, 0) is 49.1 Å². The molecule has 0 bridgehead atoms. The van der Waals surface area contributed by atoms with Crippen molar-refractivity contribution in [2.45, 2.75) is 26.3 Å². The fraction of sp³-hybridized carbons (Fsp3) is 0.261. The number of carbonyl (C=O) groups excluding carboxylic acids is 1. The molecule has 1 aromatic heterocycles. The quantitative estimate of drug-likeness (QED) is 0.673. The largest absolute Gasteiger partial charge is 0.333 e. The molecule has 0 saturated heterocycles. The molecule has 5 heteroatoms. The highest BCUT2D eigenvalue weighted by molar-refractivity contribution is 5.92. The first-order valence-corrected chi connectivity index (χ1v) is 9.78. The van der Waals surface area contributed by atoms with E-state index in [0.717, 1.165) is 30.8 Å². The van der Waals surface area contributed by atoms with Gasteiger partial charge in [0.1, 0.15) is 0 Å². The molecule has 5 nitrogen and oxygen atoms in total. The van der Waals surface area contributed by atoms with Gasteiger partial charge in [0.2, 0.25) is 0 Å². The van der Waals surface area contributed by atoms with Crippen molar-refractivity contribution in [1.29, 1.82) is 0 Å². The second kappa shape index (κ2) is 8.21. The lowest BCUT2D eigenvalue weighted by molar-refractivity contribution is 0.0745. The summed E-state index contributed by atoms with van der Waals surface area (Å²) in [5.74, 6) is 0.694. The van der Waals surface area contributed by atoms with Gasteiger partial charge in [0, 0.05) is 25.3 Å². The Morgan fingerprint density at radius 1 is 1.00 bits per heavy atom. The predicted molar refractivity (Wildman–Crippen MR) is 111 cm³/mol. The lowest BCUT2D eigenvalue weighted by Gasteiger charge is -2.30. The zero-order valence-electron chi connectivity index (χ0n) is 16.1. The Morgan fingerprint density at radius 3 is 2.54 bits per heavy atom. The lowest BCUT2D eigenvalue weighted by Crippen LogP contribution is -2.31. The highest BCUT2D eigenvalue weighted by Gasteiger charge is 2.21. The molecule has 1 amide bonds. The molecule has 0 radical (unpaired) electrons. The monoisotopic (exact) mass is 372 g/mol. The Morgan fingerprint density at radius 2 is 1.79 bits per heavy atom. The number of rotatable bonds is 5. The third-order valence-corrected chi connectivity index (χ3v) is 5.14. The SMILES string of the molecule is CCN(Cc1ccccc1)C(=O)c1ccc(N2CCCc3ccccc32)nn1. The van der Waals surface area contributed by atoms with E-state index in [4.69, 9.17) is 0 Å². The Labute approximate surface area is 165 Å². The van der Waals surface area contributed by atoms with Crippen LogP contribution in [0.4, 0.5) is 11.5 Å². The third kappa shape index (κ3) is 3.74. The van der Waals surface area contributed by atoms with Gasteiger partial charge in [-0.3, -0.25) is 4.79 Å². The number of anilines is 2. The summed E-state index contributed by atoms with van der Waals surface area (Å²) in [6, 6.07) is 22.1. The van der Waals surface area contributed by atoms with Crippen LogP contribution in [0.1, 0.15) is 35.0 Å². The summed E-state index contributed by atoms with van der Waals surface area (Å²) in [6.07, 6.45) is 2.17. The minimum atomic E-state index is -0.0931. The van der Waals surface area contributed by atoms with E-state index in [1.807, 2.05) is 49.4 Å². The van der Waals surface area contributed by atoms with Crippen molar-refractivity contribution in [2.75, 3.05) is 18.0 Å². The van der Waals surface area contributed by atoms with Gasteiger partial charge in [-0.25, -0.2) is 0 Å². The van der Waals surface area contributed by atoms with Crippen molar-refractivity contribution in [3.05, 3.63) is 83.6 Å². The first-order chi connectivity index (χ1) is 13.8. The molecule has 0 aliphatic carbocycles. The Kier molecular flexibility index (Phi) is 5.33. The molecule has 1 aliphatic rings. The molecule has 0 spiro atoms. The van der Waals surface area contributed by atoms with Crippen LogP contribution in [0.5, 0.6) is 0 Å². The van der Waals surface area contributed by atoms with Gasteiger partial charge in [-0.2, -0.15) is 0 Å². The second-order valence-electron chi connectivity index (χ2n) is 6.97. The van der Waals surface area contributed by atoms with Gasteiger partial charge >= 0.3 is 0 Å². The average molecular weight is 372 g/mol. The first kappa shape index (κ1) is 18.2. The van der Waals surface area contributed by atoms with Crippen LogP contribution in [0.2, 0.25) is 0 Å². The predicted octanol–water partition coefficient (Wildman–Crippen LogP) is 4.22. The zero-order valence-corrected chi connectivity index (χ0v) is 16.1. The summed E-state index contributed by atoms with van der Waals surface area (Å²) >= 11 is 0. The molecule has 4 rings (SSSR count).